The van der Waals surface area contributed by atoms with Gasteiger partial charge < -0.3 is 14.8 Å². The van der Waals surface area contributed by atoms with Crippen LogP contribution in [0.1, 0.15) is 27.0 Å². The average molecular weight is 601 g/mol. The van der Waals surface area contributed by atoms with Gasteiger partial charge in [-0.25, -0.2) is 13.8 Å². The minimum atomic E-state index is -3.56. The lowest BCUT2D eigenvalue weighted by Gasteiger charge is -2.22. The van der Waals surface area contributed by atoms with Crippen LogP contribution in [-0.4, -0.2) is 46.4 Å². The molecule has 0 heterocycles. The third kappa shape index (κ3) is 8.91. The Hall–Kier alpha value is -5.16. The van der Waals surface area contributed by atoms with Gasteiger partial charge in [0.05, 0.1) is 37.5 Å². The predicted molar refractivity (Wildman–Crippen MR) is 167 cm³/mol. The molecule has 0 radical (unpaired) electrons. The SMILES string of the molecule is COc1ccccc1NC(=O)COc1ccc(/C=N\NC(=O)c2ccc(N(Cc3ccc(C)cc3)S(C)(=O)=O)cc2)cc1. The number of carbonyl (C=O) groups excluding carboxylic acids is 2. The molecule has 2 amide bonds. The van der Waals surface area contributed by atoms with Crippen molar-refractivity contribution in [3.8, 4) is 11.5 Å². The van der Waals surface area contributed by atoms with Gasteiger partial charge in [-0.2, -0.15) is 5.10 Å². The maximum absolute atomic E-state index is 12.6. The first-order valence-corrected chi connectivity index (χ1v) is 15.1. The van der Waals surface area contributed by atoms with Crippen LogP contribution in [-0.2, 0) is 21.4 Å². The Morgan fingerprint density at radius 1 is 0.907 bits per heavy atom. The van der Waals surface area contributed by atoms with Gasteiger partial charge in [0.1, 0.15) is 11.5 Å². The molecule has 0 fully saturated rings. The van der Waals surface area contributed by atoms with Crippen LogP contribution in [0.5, 0.6) is 11.5 Å². The average Bonchev–Trinajstić information content (AvgIpc) is 3.00. The van der Waals surface area contributed by atoms with E-state index in [0.29, 0.717) is 34.0 Å². The third-order valence-electron chi connectivity index (χ3n) is 6.28. The van der Waals surface area contributed by atoms with Gasteiger partial charge >= 0.3 is 0 Å². The van der Waals surface area contributed by atoms with Crippen molar-refractivity contribution in [2.75, 3.05) is 29.6 Å². The van der Waals surface area contributed by atoms with Crippen LogP contribution in [0.3, 0.4) is 0 Å². The minimum Gasteiger partial charge on any atom is -0.495 e. The Kier molecular flexibility index (Phi) is 10.1. The summed E-state index contributed by atoms with van der Waals surface area (Å²) in [7, 11) is -2.03. The molecule has 4 rings (SSSR count). The van der Waals surface area contributed by atoms with Crippen molar-refractivity contribution in [3.63, 3.8) is 0 Å². The van der Waals surface area contributed by atoms with Gasteiger partial charge in [-0.1, -0.05) is 42.0 Å². The van der Waals surface area contributed by atoms with Gasteiger partial charge in [-0.15, -0.1) is 0 Å². The van der Waals surface area contributed by atoms with E-state index in [1.165, 1.54) is 17.6 Å². The number of hydrazone groups is 1. The van der Waals surface area contributed by atoms with Crippen LogP contribution in [0.25, 0.3) is 0 Å². The molecule has 0 spiro atoms. The van der Waals surface area contributed by atoms with Crippen LogP contribution < -0.4 is 24.5 Å². The molecule has 222 valence electrons. The number of hydrogen-bond acceptors (Lipinski definition) is 7. The fraction of sp³-hybridized carbons (Fsp3) is 0.156. The largest absolute Gasteiger partial charge is 0.495 e. The number of ether oxygens (including phenoxy) is 2. The lowest BCUT2D eigenvalue weighted by Crippen LogP contribution is -2.29. The fourth-order valence-corrected chi connectivity index (χ4v) is 4.89. The topological polar surface area (TPSA) is 126 Å². The fourth-order valence-electron chi connectivity index (χ4n) is 4.00. The summed E-state index contributed by atoms with van der Waals surface area (Å²) in [6.45, 7) is 1.95. The van der Waals surface area contributed by atoms with Crippen LogP contribution >= 0.6 is 0 Å². The Morgan fingerprint density at radius 2 is 1.58 bits per heavy atom. The lowest BCUT2D eigenvalue weighted by atomic mass is 10.1. The number of aryl methyl sites for hydroxylation is 1. The van der Waals surface area contributed by atoms with E-state index in [1.54, 1.807) is 66.7 Å². The van der Waals surface area contributed by atoms with Gasteiger partial charge in [0.2, 0.25) is 10.0 Å². The van der Waals surface area contributed by atoms with E-state index < -0.39 is 15.9 Å². The molecule has 43 heavy (non-hydrogen) atoms. The van der Waals surface area contributed by atoms with Crippen LogP contribution in [0, 0.1) is 6.92 Å². The molecule has 0 unspecified atom stereocenters. The monoisotopic (exact) mass is 600 g/mol. The van der Waals surface area contributed by atoms with Gasteiger partial charge in [0.25, 0.3) is 11.8 Å². The van der Waals surface area contributed by atoms with Crippen molar-refractivity contribution in [3.05, 3.63) is 119 Å². The second-order valence-corrected chi connectivity index (χ2v) is 11.5. The summed E-state index contributed by atoms with van der Waals surface area (Å²) >= 11 is 0. The van der Waals surface area contributed by atoms with Crippen molar-refractivity contribution < 1.29 is 27.5 Å². The summed E-state index contributed by atoms with van der Waals surface area (Å²) in [4.78, 5) is 24.8. The Labute approximate surface area is 251 Å². The molecule has 0 bridgehead atoms. The highest BCUT2D eigenvalue weighted by molar-refractivity contribution is 7.92. The molecule has 0 aliphatic rings. The maximum atomic E-state index is 12.6. The normalized spacial score (nSPS) is 11.1. The zero-order chi connectivity index (χ0) is 30.8. The smallest absolute Gasteiger partial charge is 0.271 e. The number of para-hydroxylation sites is 2. The molecule has 0 aliphatic heterocycles. The second kappa shape index (κ2) is 14.1. The number of benzene rings is 4. The number of hydrogen-bond donors (Lipinski definition) is 2. The molecule has 4 aromatic rings. The molecule has 0 atom stereocenters. The second-order valence-electron chi connectivity index (χ2n) is 9.61. The number of amides is 2. The molecule has 0 saturated heterocycles. The summed E-state index contributed by atoms with van der Waals surface area (Å²) in [6, 6.07) is 27.8. The van der Waals surface area contributed by atoms with Gasteiger partial charge in [-0.3, -0.25) is 13.9 Å². The number of rotatable bonds is 12. The highest BCUT2D eigenvalue weighted by Gasteiger charge is 2.18. The van der Waals surface area contributed by atoms with Gasteiger partial charge in [0, 0.05) is 5.56 Å². The number of anilines is 2. The Balaban J connectivity index is 1.29. The molecular weight excluding hydrogens is 568 g/mol. The summed E-state index contributed by atoms with van der Waals surface area (Å²) in [6.07, 6.45) is 2.62. The van der Waals surface area contributed by atoms with Crippen LogP contribution in [0.15, 0.2) is 102 Å². The van der Waals surface area contributed by atoms with Crippen LogP contribution in [0.2, 0.25) is 0 Å². The van der Waals surface area contributed by atoms with Crippen molar-refractivity contribution in [2.24, 2.45) is 5.10 Å². The van der Waals surface area contributed by atoms with Crippen molar-refractivity contribution in [1.29, 1.82) is 0 Å². The van der Waals surface area contributed by atoms with E-state index >= 15 is 0 Å². The zero-order valence-corrected chi connectivity index (χ0v) is 24.8. The van der Waals surface area contributed by atoms with Crippen molar-refractivity contribution in [2.45, 2.75) is 13.5 Å². The standard InChI is InChI=1S/C32H32N4O6S/c1-23-8-10-25(11-9-23)21-36(43(3,39)40)27-16-14-26(15-17-27)32(38)35-33-20-24-12-18-28(19-13-24)42-22-31(37)34-29-6-4-5-7-30(29)41-2/h4-20H,21-22H2,1-3H3,(H,34,37)(H,35,38)/b33-20-. The summed E-state index contributed by atoms with van der Waals surface area (Å²) in [5.74, 6) is 0.257. The lowest BCUT2D eigenvalue weighted by molar-refractivity contribution is -0.118. The molecule has 0 aliphatic carbocycles. The predicted octanol–water partition coefficient (Wildman–Crippen LogP) is 4.75. The molecular formula is C32H32N4O6S. The molecule has 10 nitrogen and oxygen atoms in total. The van der Waals surface area contributed by atoms with E-state index in [0.717, 1.165) is 17.4 Å². The van der Waals surface area contributed by atoms with E-state index in [2.05, 4.69) is 15.8 Å². The first-order valence-electron chi connectivity index (χ1n) is 13.2. The number of sulfonamides is 1. The van der Waals surface area contributed by atoms with E-state index in [-0.39, 0.29) is 19.1 Å². The number of methoxy groups -OCH3 is 1. The quantitative estimate of drug-likeness (QED) is 0.179. The summed E-state index contributed by atoms with van der Waals surface area (Å²) in [5, 5.41) is 6.74. The summed E-state index contributed by atoms with van der Waals surface area (Å²) in [5.41, 5.74) is 6.41. The summed E-state index contributed by atoms with van der Waals surface area (Å²) < 4.78 is 37.0. The van der Waals surface area contributed by atoms with E-state index in [4.69, 9.17) is 9.47 Å². The number of nitrogens with zero attached hydrogens (tertiary/aromatic N) is 2. The van der Waals surface area contributed by atoms with Crippen molar-refractivity contribution in [1.82, 2.24) is 5.43 Å². The molecule has 0 saturated carbocycles. The van der Waals surface area contributed by atoms with Gasteiger partial charge in [0.15, 0.2) is 6.61 Å². The Bertz CT molecular complexity index is 1690. The maximum Gasteiger partial charge on any atom is 0.271 e. The number of nitrogens with one attached hydrogen (secondary N) is 2. The third-order valence-corrected chi connectivity index (χ3v) is 7.42. The highest BCUT2D eigenvalue weighted by atomic mass is 32.2. The van der Waals surface area contributed by atoms with Crippen LogP contribution in [0.4, 0.5) is 11.4 Å². The van der Waals surface area contributed by atoms with E-state index in [1.807, 2.05) is 37.3 Å². The number of carbonyl (C=O) groups is 2. The van der Waals surface area contributed by atoms with E-state index in [9.17, 15) is 18.0 Å². The minimum absolute atomic E-state index is 0.175. The Morgan fingerprint density at radius 3 is 2.23 bits per heavy atom. The zero-order valence-electron chi connectivity index (χ0n) is 24.0. The molecule has 0 aromatic heterocycles. The highest BCUT2D eigenvalue weighted by Crippen LogP contribution is 2.23. The molecule has 11 heteroatoms. The molecule has 4 aromatic carbocycles. The first kappa shape index (κ1) is 30.8. The van der Waals surface area contributed by atoms with Crippen molar-refractivity contribution >= 4 is 39.4 Å². The van der Waals surface area contributed by atoms with Gasteiger partial charge in [-0.05, 0) is 78.7 Å². The molecule has 2 N–H and O–H groups in total. The first-order chi connectivity index (χ1) is 20.6.